The Hall–Kier alpha value is -1.99. The summed E-state index contributed by atoms with van der Waals surface area (Å²) in [7, 11) is 0. The smallest absolute Gasteiger partial charge is 0.141 e. The van der Waals surface area contributed by atoms with Crippen LogP contribution < -0.4 is 0 Å². The van der Waals surface area contributed by atoms with Crippen LogP contribution in [0.3, 0.4) is 0 Å². The SMILES string of the molecule is OC1CCN(CC2CCC(c3nnn4cnc5[nH]ccc5c34)CC2)C1. The van der Waals surface area contributed by atoms with E-state index < -0.39 is 0 Å². The average molecular weight is 340 g/mol. The first-order chi connectivity index (χ1) is 12.3. The van der Waals surface area contributed by atoms with Crippen LogP contribution in [-0.4, -0.2) is 60.5 Å². The van der Waals surface area contributed by atoms with E-state index in [0.717, 1.165) is 54.2 Å². The molecule has 2 N–H and O–H groups in total. The van der Waals surface area contributed by atoms with Crippen molar-refractivity contribution in [2.75, 3.05) is 19.6 Å². The van der Waals surface area contributed by atoms with E-state index in [1.165, 1.54) is 25.7 Å². The number of aromatic nitrogens is 5. The topological polar surface area (TPSA) is 82.3 Å². The van der Waals surface area contributed by atoms with Crippen LogP contribution >= 0.6 is 0 Å². The highest BCUT2D eigenvalue weighted by Gasteiger charge is 2.29. The third-order valence-electron chi connectivity index (χ3n) is 5.99. The molecule has 1 saturated heterocycles. The van der Waals surface area contributed by atoms with Crippen LogP contribution in [0, 0.1) is 5.92 Å². The molecule has 1 aliphatic carbocycles. The van der Waals surface area contributed by atoms with Gasteiger partial charge >= 0.3 is 0 Å². The van der Waals surface area contributed by atoms with Gasteiger partial charge in [-0.2, -0.15) is 0 Å². The third-order valence-corrected chi connectivity index (χ3v) is 5.99. The van der Waals surface area contributed by atoms with Gasteiger partial charge in [0.05, 0.1) is 11.8 Å². The maximum Gasteiger partial charge on any atom is 0.141 e. The maximum atomic E-state index is 9.70. The van der Waals surface area contributed by atoms with Crippen molar-refractivity contribution in [3.05, 3.63) is 24.3 Å². The second-order valence-corrected chi connectivity index (χ2v) is 7.67. The molecule has 2 aliphatic rings. The van der Waals surface area contributed by atoms with Crippen LogP contribution in [0.2, 0.25) is 0 Å². The Morgan fingerprint density at radius 1 is 1.20 bits per heavy atom. The minimum atomic E-state index is -0.114. The second-order valence-electron chi connectivity index (χ2n) is 7.67. The largest absolute Gasteiger partial charge is 0.392 e. The summed E-state index contributed by atoms with van der Waals surface area (Å²) < 4.78 is 1.81. The first-order valence-electron chi connectivity index (χ1n) is 9.35. The van der Waals surface area contributed by atoms with Crippen LogP contribution in [0.15, 0.2) is 18.6 Å². The van der Waals surface area contributed by atoms with Gasteiger partial charge in [-0.1, -0.05) is 5.21 Å². The van der Waals surface area contributed by atoms with Crippen molar-refractivity contribution in [2.24, 2.45) is 5.92 Å². The molecule has 1 atom stereocenters. The number of hydrogen-bond donors (Lipinski definition) is 2. The standard InChI is InChI=1S/C18H24N6O/c25-14-6-8-23(10-14)9-12-1-3-13(4-2-12)16-17-15-5-7-19-18(15)20-11-24(17)22-21-16/h5,7,11-14,19,25H,1-4,6,8-10H2. The van der Waals surface area contributed by atoms with E-state index >= 15 is 0 Å². The number of H-pyrrole nitrogens is 1. The average Bonchev–Trinajstić information content (AvgIpc) is 3.34. The molecule has 25 heavy (non-hydrogen) atoms. The van der Waals surface area contributed by atoms with Crippen molar-refractivity contribution in [3.8, 4) is 0 Å². The van der Waals surface area contributed by atoms with Gasteiger partial charge in [0.2, 0.25) is 0 Å². The molecule has 7 heteroatoms. The van der Waals surface area contributed by atoms with Gasteiger partial charge in [-0.3, -0.25) is 0 Å². The minimum absolute atomic E-state index is 0.114. The predicted molar refractivity (Wildman–Crippen MR) is 94.4 cm³/mol. The zero-order valence-electron chi connectivity index (χ0n) is 14.3. The highest BCUT2D eigenvalue weighted by Crippen LogP contribution is 2.38. The van der Waals surface area contributed by atoms with Crippen LogP contribution in [0.1, 0.15) is 43.7 Å². The fourth-order valence-electron chi connectivity index (χ4n) is 4.66. The third kappa shape index (κ3) is 2.71. The number of aliphatic hydroxyl groups is 1. The normalized spacial score (nSPS) is 28.3. The number of rotatable bonds is 3. The zero-order valence-corrected chi connectivity index (χ0v) is 14.3. The first-order valence-corrected chi connectivity index (χ1v) is 9.35. The molecule has 4 heterocycles. The molecule has 132 valence electrons. The van der Waals surface area contributed by atoms with Crippen LogP contribution in [0.4, 0.5) is 0 Å². The summed E-state index contributed by atoms with van der Waals surface area (Å²) in [6, 6.07) is 2.06. The Labute approximate surface area is 146 Å². The maximum absolute atomic E-state index is 9.70. The highest BCUT2D eigenvalue weighted by molar-refractivity contribution is 5.92. The molecule has 2 fully saturated rings. The number of likely N-dealkylation sites (tertiary alicyclic amines) is 1. The molecule has 0 spiro atoms. The fraction of sp³-hybridized carbons (Fsp3) is 0.611. The lowest BCUT2D eigenvalue weighted by atomic mass is 9.80. The van der Waals surface area contributed by atoms with E-state index in [9.17, 15) is 5.11 Å². The van der Waals surface area contributed by atoms with Gasteiger partial charge in [-0.05, 0) is 44.1 Å². The summed E-state index contributed by atoms with van der Waals surface area (Å²) in [6.45, 7) is 3.04. The van der Waals surface area contributed by atoms with Gasteiger partial charge in [-0.15, -0.1) is 5.10 Å². The Morgan fingerprint density at radius 3 is 2.88 bits per heavy atom. The van der Waals surface area contributed by atoms with E-state index in [2.05, 4.69) is 31.2 Å². The summed E-state index contributed by atoms with van der Waals surface area (Å²) in [5.41, 5.74) is 3.14. The summed E-state index contributed by atoms with van der Waals surface area (Å²) in [6.07, 6.45) is 9.30. The van der Waals surface area contributed by atoms with Gasteiger partial charge in [-0.25, -0.2) is 9.50 Å². The lowest BCUT2D eigenvalue weighted by Crippen LogP contribution is -2.30. The van der Waals surface area contributed by atoms with Crippen LogP contribution in [0.25, 0.3) is 16.6 Å². The van der Waals surface area contributed by atoms with Gasteiger partial charge in [0.25, 0.3) is 0 Å². The molecule has 3 aromatic rings. The van der Waals surface area contributed by atoms with Crippen molar-refractivity contribution in [3.63, 3.8) is 0 Å². The lowest BCUT2D eigenvalue weighted by Gasteiger charge is -2.30. The minimum Gasteiger partial charge on any atom is -0.392 e. The van der Waals surface area contributed by atoms with Crippen LogP contribution in [-0.2, 0) is 0 Å². The predicted octanol–water partition coefficient (Wildman–Crippen LogP) is 1.95. The molecule has 1 aliphatic heterocycles. The summed E-state index contributed by atoms with van der Waals surface area (Å²) in [5.74, 6) is 1.23. The molecule has 0 bridgehead atoms. The van der Waals surface area contributed by atoms with E-state index in [1.54, 1.807) is 6.33 Å². The number of fused-ring (bicyclic) bond motifs is 3. The second kappa shape index (κ2) is 6.07. The molecule has 1 unspecified atom stereocenters. The van der Waals surface area contributed by atoms with Crippen molar-refractivity contribution in [2.45, 2.75) is 44.1 Å². The summed E-state index contributed by atoms with van der Waals surface area (Å²) in [4.78, 5) is 9.99. The quantitative estimate of drug-likeness (QED) is 0.761. The Bertz CT molecular complexity index is 878. The van der Waals surface area contributed by atoms with Crippen molar-refractivity contribution in [1.82, 2.24) is 29.7 Å². The van der Waals surface area contributed by atoms with E-state index in [4.69, 9.17) is 0 Å². The van der Waals surface area contributed by atoms with Gasteiger partial charge in [0.1, 0.15) is 17.5 Å². The van der Waals surface area contributed by atoms with Gasteiger partial charge in [0.15, 0.2) is 0 Å². The monoisotopic (exact) mass is 340 g/mol. The molecule has 5 rings (SSSR count). The van der Waals surface area contributed by atoms with Crippen LogP contribution in [0.5, 0.6) is 0 Å². The molecule has 0 radical (unpaired) electrons. The number of aromatic amines is 1. The van der Waals surface area contributed by atoms with Gasteiger partial charge < -0.3 is 15.0 Å². The van der Waals surface area contributed by atoms with Gasteiger partial charge in [0, 0.05) is 37.1 Å². The zero-order chi connectivity index (χ0) is 16.8. The molecule has 0 aromatic carbocycles. The van der Waals surface area contributed by atoms with E-state index in [-0.39, 0.29) is 6.10 Å². The van der Waals surface area contributed by atoms with Crippen molar-refractivity contribution >= 4 is 16.6 Å². The number of aliphatic hydroxyl groups excluding tert-OH is 1. The highest BCUT2D eigenvalue weighted by atomic mass is 16.3. The first kappa shape index (κ1) is 15.3. The summed E-state index contributed by atoms with van der Waals surface area (Å²) in [5, 5.41) is 19.6. The summed E-state index contributed by atoms with van der Waals surface area (Å²) >= 11 is 0. The Kier molecular flexibility index (Phi) is 3.71. The number of hydrogen-bond acceptors (Lipinski definition) is 5. The molecule has 7 nitrogen and oxygen atoms in total. The van der Waals surface area contributed by atoms with Crippen molar-refractivity contribution < 1.29 is 5.11 Å². The number of nitrogens with one attached hydrogen (secondary N) is 1. The molecule has 1 saturated carbocycles. The molecule has 0 amide bonds. The fourth-order valence-corrected chi connectivity index (χ4v) is 4.66. The Morgan fingerprint density at radius 2 is 2.08 bits per heavy atom. The molecular formula is C18H24N6O. The lowest BCUT2D eigenvalue weighted by molar-refractivity contribution is 0.162. The molecular weight excluding hydrogens is 316 g/mol. The Balaban J connectivity index is 1.32. The van der Waals surface area contributed by atoms with Crippen molar-refractivity contribution in [1.29, 1.82) is 0 Å². The van der Waals surface area contributed by atoms with E-state index in [0.29, 0.717) is 5.92 Å². The number of nitrogens with zero attached hydrogens (tertiary/aromatic N) is 5. The number of β-amino-alcohol motifs (C(OH)–C–C–N with tert-alkyl or cyclic N) is 1. The van der Waals surface area contributed by atoms with E-state index in [1.807, 2.05) is 10.7 Å². The molecule has 3 aromatic heterocycles.